The van der Waals surface area contributed by atoms with Gasteiger partial charge in [0, 0.05) is 11.6 Å². The zero-order chi connectivity index (χ0) is 14.4. The van der Waals surface area contributed by atoms with Crippen molar-refractivity contribution in [1.82, 2.24) is 5.32 Å². The van der Waals surface area contributed by atoms with Crippen LogP contribution in [0.25, 0.3) is 0 Å². The van der Waals surface area contributed by atoms with Crippen molar-refractivity contribution in [2.75, 3.05) is 13.7 Å². The first-order valence-electron chi connectivity index (χ1n) is 7.16. The summed E-state index contributed by atoms with van der Waals surface area (Å²) < 4.78 is 5.49. The van der Waals surface area contributed by atoms with Crippen LogP contribution in [0.15, 0.2) is 48.5 Å². The average molecular weight is 269 g/mol. The molecular weight excluding hydrogens is 246 g/mol. The SMILES string of the molecule is CCNC(Cc1cccc(C)c1)c1ccccc1OC. The van der Waals surface area contributed by atoms with E-state index in [2.05, 4.69) is 55.6 Å². The first kappa shape index (κ1) is 14.6. The summed E-state index contributed by atoms with van der Waals surface area (Å²) in [7, 11) is 1.73. The Labute approximate surface area is 121 Å². The van der Waals surface area contributed by atoms with Gasteiger partial charge in [0.05, 0.1) is 7.11 Å². The Hall–Kier alpha value is -1.80. The summed E-state index contributed by atoms with van der Waals surface area (Å²) in [6, 6.07) is 17.2. The third kappa shape index (κ3) is 3.61. The summed E-state index contributed by atoms with van der Waals surface area (Å²) in [6.07, 6.45) is 0.968. The molecular formula is C18H23NO. The fourth-order valence-electron chi connectivity index (χ4n) is 2.57. The van der Waals surface area contributed by atoms with E-state index in [9.17, 15) is 0 Å². The molecule has 20 heavy (non-hydrogen) atoms. The summed E-state index contributed by atoms with van der Waals surface area (Å²) in [5.74, 6) is 0.950. The number of aryl methyl sites for hydroxylation is 1. The maximum atomic E-state index is 5.49. The predicted octanol–water partition coefficient (Wildman–Crippen LogP) is 3.90. The molecule has 0 aliphatic rings. The zero-order valence-corrected chi connectivity index (χ0v) is 12.5. The average Bonchev–Trinajstić information content (AvgIpc) is 2.47. The minimum Gasteiger partial charge on any atom is -0.496 e. The number of nitrogens with one attached hydrogen (secondary N) is 1. The molecule has 0 aliphatic carbocycles. The van der Waals surface area contributed by atoms with Crippen molar-refractivity contribution in [3.8, 4) is 5.75 Å². The van der Waals surface area contributed by atoms with Crippen LogP contribution >= 0.6 is 0 Å². The van der Waals surface area contributed by atoms with E-state index in [1.54, 1.807) is 7.11 Å². The first-order valence-corrected chi connectivity index (χ1v) is 7.16. The van der Waals surface area contributed by atoms with Crippen molar-refractivity contribution in [3.05, 3.63) is 65.2 Å². The lowest BCUT2D eigenvalue weighted by atomic mass is 9.97. The van der Waals surface area contributed by atoms with Crippen molar-refractivity contribution < 1.29 is 4.74 Å². The summed E-state index contributed by atoms with van der Waals surface area (Å²) in [5.41, 5.74) is 3.87. The highest BCUT2D eigenvalue weighted by Gasteiger charge is 2.15. The van der Waals surface area contributed by atoms with Gasteiger partial charge in [0.2, 0.25) is 0 Å². The third-order valence-electron chi connectivity index (χ3n) is 3.49. The molecule has 0 bridgehead atoms. The van der Waals surface area contributed by atoms with Gasteiger partial charge in [0.25, 0.3) is 0 Å². The highest BCUT2D eigenvalue weighted by molar-refractivity contribution is 5.37. The molecule has 0 spiro atoms. The second kappa shape index (κ2) is 7.11. The lowest BCUT2D eigenvalue weighted by molar-refractivity contribution is 0.399. The van der Waals surface area contributed by atoms with Gasteiger partial charge in [-0.1, -0.05) is 55.0 Å². The Bertz CT molecular complexity index is 551. The molecule has 106 valence electrons. The lowest BCUT2D eigenvalue weighted by Crippen LogP contribution is -2.23. The van der Waals surface area contributed by atoms with Gasteiger partial charge in [-0.15, -0.1) is 0 Å². The van der Waals surface area contributed by atoms with E-state index in [1.807, 2.05) is 12.1 Å². The van der Waals surface area contributed by atoms with Gasteiger partial charge in [-0.2, -0.15) is 0 Å². The quantitative estimate of drug-likeness (QED) is 0.859. The Kier molecular flexibility index (Phi) is 5.19. The normalized spacial score (nSPS) is 12.2. The molecule has 2 rings (SSSR count). The molecule has 0 amide bonds. The number of ether oxygens (including phenoxy) is 1. The molecule has 0 heterocycles. The fourth-order valence-corrected chi connectivity index (χ4v) is 2.57. The minimum atomic E-state index is 0.276. The molecule has 2 aromatic rings. The van der Waals surface area contributed by atoms with Crippen LogP contribution < -0.4 is 10.1 Å². The van der Waals surface area contributed by atoms with Crippen LogP contribution in [0.4, 0.5) is 0 Å². The Morgan fingerprint density at radius 2 is 1.90 bits per heavy atom. The van der Waals surface area contributed by atoms with Gasteiger partial charge in [0.15, 0.2) is 0 Å². The van der Waals surface area contributed by atoms with Crippen LogP contribution in [0.5, 0.6) is 5.75 Å². The van der Waals surface area contributed by atoms with Gasteiger partial charge in [0.1, 0.15) is 5.75 Å². The third-order valence-corrected chi connectivity index (χ3v) is 3.49. The number of likely N-dealkylation sites (N-methyl/N-ethyl adjacent to an activating group) is 1. The van der Waals surface area contributed by atoms with E-state index < -0.39 is 0 Å². The smallest absolute Gasteiger partial charge is 0.123 e. The second-order valence-electron chi connectivity index (χ2n) is 5.05. The molecule has 1 atom stereocenters. The molecule has 2 heteroatoms. The molecule has 0 aromatic heterocycles. The van der Waals surface area contributed by atoms with Crippen molar-refractivity contribution in [2.45, 2.75) is 26.3 Å². The first-order chi connectivity index (χ1) is 9.74. The summed E-state index contributed by atoms with van der Waals surface area (Å²) in [5, 5.41) is 3.56. The molecule has 2 nitrogen and oxygen atoms in total. The summed E-state index contributed by atoms with van der Waals surface area (Å²) in [4.78, 5) is 0. The molecule has 0 aliphatic heterocycles. The van der Waals surface area contributed by atoms with Crippen molar-refractivity contribution in [3.63, 3.8) is 0 Å². The Morgan fingerprint density at radius 3 is 2.60 bits per heavy atom. The van der Waals surface area contributed by atoms with E-state index >= 15 is 0 Å². The Morgan fingerprint density at radius 1 is 1.10 bits per heavy atom. The highest BCUT2D eigenvalue weighted by Crippen LogP contribution is 2.27. The number of hydrogen-bond acceptors (Lipinski definition) is 2. The van der Waals surface area contributed by atoms with Crippen LogP contribution in [-0.4, -0.2) is 13.7 Å². The second-order valence-corrected chi connectivity index (χ2v) is 5.05. The number of methoxy groups -OCH3 is 1. The van der Waals surface area contributed by atoms with Gasteiger partial charge in [-0.05, 0) is 31.5 Å². The summed E-state index contributed by atoms with van der Waals surface area (Å²) in [6.45, 7) is 5.21. The largest absolute Gasteiger partial charge is 0.496 e. The minimum absolute atomic E-state index is 0.276. The van der Waals surface area contributed by atoms with Crippen LogP contribution in [0, 0.1) is 6.92 Å². The van der Waals surface area contributed by atoms with E-state index in [0.717, 1.165) is 18.7 Å². The van der Waals surface area contributed by atoms with Crippen molar-refractivity contribution in [2.24, 2.45) is 0 Å². The maximum absolute atomic E-state index is 5.49. The maximum Gasteiger partial charge on any atom is 0.123 e. The van der Waals surface area contributed by atoms with Gasteiger partial charge < -0.3 is 10.1 Å². The molecule has 0 fully saturated rings. The van der Waals surface area contributed by atoms with E-state index in [0.29, 0.717) is 0 Å². The highest BCUT2D eigenvalue weighted by atomic mass is 16.5. The van der Waals surface area contributed by atoms with Crippen molar-refractivity contribution in [1.29, 1.82) is 0 Å². The van der Waals surface area contributed by atoms with E-state index in [4.69, 9.17) is 4.74 Å². The molecule has 0 radical (unpaired) electrons. The Balaban J connectivity index is 2.26. The van der Waals surface area contributed by atoms with Gasteiger partial charge >= 0.3 is 0 Å². The van der Waals surface area contributed by atoms with Gasteiger partial charge in [-0.3, -0.25) is 0 Å². The monoisotopic (exact) mass is 269 g/mol. The van der Waals surface area contributed by atoms with Crippen LogP contribution in [0.1, 0.15) is 29.7 Å². The standard InChI is InChI=1S/C18H23NO/c1-4-19-17(13-15-9-7-8-14(2)12-15)16-10-5-6-11-18(16)20-3/h5-12,17,19H,4,13H2,1-3H3. The number of rotatable bonds is 6. The molecule has 0 saturated heterocycles. The van der Waals surface area contributed by atoms with Gasteiger partial charge in [-0.25, -0.2) is 0 Å². The fraction of sp³-hybridized carbons (Fsp3) is 0.333. The molecule has 0 saturated carbocycles. The molecule has 1 unspecified atom stereocenters. The van der Waals surface area contributed by atoms with Crippen LogP contribution in [-0.2, 0) is 6.42 Å². The number of benzene rings is 2. The van der Waals surface area contributed by atoms with Crippen LogP contribution in [0.3, 0.4) is 0 Å². The summed E-state index contributed by atoms with van der Waals surface area (Å²) >= 11 is 0. The van der Waals surface area contributed by atoms with E-state index in [1.165, 1.54) is 16.7 Å². The number of hydrogen-bond donors (Lipinski definition) is 1. The van der Waals surface area contributed by atoms with E-state index in [-0.39, 0.29) is 6.04 Å². The predicted molar refractivity (Wildman–Crippen MR) is 84.3 cm³/mol. The topological polar surface area (TPSA) is 21.3 Å². The molecule has 2 aromatic carbocycles. The molecule has 1 N–H and O–H groups in total. The zero-order valence-electron chi connectivity index (χ0n) is 12.5. The van der Waals surface area contributed by atoms with Crippen LogP contribution in [0.2, 0.25) is 0 Å². The lowest BCUT2D eigenvalue weighted by Gasteiger charge is -2.21. The van der Waals surface area contributed by atoms with Crippen molar-refractivity contribution >= 4 is 0 Å². The number of para-hydroxylation sites is 1.